The first kappa shape index (κ1) is 16.3. The molecule has 0 saturated heterocycles. The van der Waals surface area contributed by atoms with Gasteiger partial charge in [0.1, 0.15) is 0 Å². The van der Waals surface area contributed by atoms with E-state index in [9.17, 15) is 4.79 Å². The molecule has 0 heterocycles. The molecule has 0 bridgehead atoms. The fourth-order valence-electron chi connectivity index (χ4n) is 1.04. The number of rotatable bonds is 3. The number of halogens is 1. The van der Waals surface area contributed by atoms with Gasteiger partial charge in [-0.3, -0.25) is 4.79 Å². The zero-order chi connectivity index (χ0) is 14.0. The molecular weight excluding hydrogens is 272 g/mol. The molecule has 0 spiro atoms. The SMILES string of the molecule is CN/N=C/c1ccc(NC(C)=O)c(Cl)c1.NC=S. The highest BCUT2D eigenvalue weighted by atomic mass is 35.5. The Morgan fingerprint density at radius 2 is 2.17 bits per heavy atom. The predicted molar refractivity (Wildman–Crippen MR) is 80.3 cm³/mol. The molecule has 0 aliphatic carbocycles. The van der Waals surface area contributed by atoms with Crippen molar-refractivity contribution in [2.75, 3.05) is 12.4 Å². The zero-order valence-corrected chi connectivity index (χ0v) is 11.7. The van der Waals surface area contributed by atoms with Gasteiger partial charge in [-0.15, -0.1) is 0 Å². The normalized spacial score (nSPS) is 9.28. The highest BCUT2D eigenvalue weighted by Gasteiger charge is 2.01. The Bertz CT molecular complexity index is 437. The minimum atomic E-state index is -0.145. The smallest absolute Gasteiger partial charge is 0.221 e. The van der Waals surface area contributed by atoms with Crippen molar-refractivity contribution in [3.8, 4) is 0 Å². The lowest BCUT2D eigenvalue weighted by atomic mass is 10.2. The van der Waals surface area contributed by atoms with Crippen LogP contribution in [0.25, 0.3) is 0 Å². The van der Waals surface area contributed by atoms with Crippen molar-refractivity contribution in [3.63, 3.8) is 0 Å². The molecule has 1 aromatic rings. The molecule has 0 atom stereocenters. The number of nitrogens with two attached hydrogens (primary N) is 1. The highest BCUT2D eigenvalue weighted by molar-refractivity contribution is 7.78. The van der Waals surface area contributed by atoms with Crippen LogP contribution in [-0.2, 0) is 4.79 Å². The van der Waals surface area contributed by atoms with Crippen LogP contribution < -0.4 is 16.5 Å². The number of carbonyl (C=O) groups excluding carboxylic acids is 1. The van der Waals surface area contributed by atoms with Crippen LogP contribution in [0.1, 0.15) is 12.5 Å². The van der Waals surface area contributed by atoms with E-state index in [1.807, 2.05) is 6.07 Å². The van der Waals surface area contributed by atoms with Gasteiger partial charge in [0.05, 0.1) is 22.4 Å². The number of thiocarbonyl (C=S) groups is 1. The molecule has 1 aromatic carbocycles. The van der Waals surface area contributed by atoms with Gasteiger partial charge in [0.25, 0.3) is 0 Å². The maximum absolute atomic E-state index is 10.8. The maximum atomic E-state index is 10.8. The molecule has 7 heteroatoms. The quantitative estimate of drug-likeness (QED) is 0.449. The first-order valence-corrected chi connectivity index (χ1v) is 5.82. The lowest BCUT2D eigenvalue weighted by Gasteiger charge is -2.04. The summed E-state index contributed by atoms with van der Waals surface area (Å²) in [6, 6.07) is 5.28. The van der Waals surface area contributed by atoms with Gasteiger partial charge in [-0.2, -0.15) is 5.10 Å². The number of hydrazone groups is 1. The summed E-state index contributed by atoms with van der Waals surface area (Å²) in [6.45, 7) is 1.44. The van der Waals surface area contributed by atoms with Gasteiger partial charge in [-0.05, 0) is 17.7 Å². The summed E-state index contributed by atoms with van der Waals surface area (Å²) in [5, 5.41) is 6.97. The van der Waals surface area contributed by atoms with Crippen LogP contribution >= 0.6 is 23.8 Å². The molecular formula is C11H15ClN4OS. The van der Waals surface area contributed by atoms with E-state index < -0.39 is 0 Å². The van der Waals surface area contributed by atoms with E-state index in [1.165, 1.54) is 6.92 Å². The second kappa shape index (κ2) is 9.38. The van der Waals surface area contributed by atoms with Gasteiger partial charge in [0.2, 0.25) is 5.91 Å². The molecule has 18 heavy (non-hydrogen) atoms. The van der Waals surface area contributed by atoms with Crippen molar-refractivity contribution in [1.29, 1.82) is 0 Å². The maximum Gasteiger partial charge on any atom is 0.221 e. The lowest BCUT2D eigenvalue weighted by molar-refractivity contribution is -0.114. The Kier molecular flexibility index (Phi) is 8.51. The molecule has 0 aliphatic heterocycles. The van der Waals surface area contributed by atoms with Crippen LogP contribution in [0, 0.1) is 0 Å². The second-order valence-corrected chi connectivity index (χ2v) is 3.72. The molecule has 0 unspecified atom stereocenters. The minimum absolute atomic E-state index is 0.145. The van der Waals surface area contributed by atoms with Crippen molar-refractivity contribution < 1.29 is 4.79 Å². The van der Waals surface area contributed by atoms with Gasteiger partial charge >= 0.3 is 0 Å². The fraction of sp³-hybridized carbons (Fsp3) is 0.182. The standard InChI is InChI=1S/C10H12ClN3O.CH3NS/c1-7(15)14-10-4-3-8(5-9(10)11)6-13-12-2;2-1-3/h3-6,12H,1-2H3,(H,14,15);1H,(H2,2,3)/b13-6+;. The largest absolute Gasteiger partial charge is 0.396 e. The predicted octanol–water partition coefficient (Wildman–Crippen LogP) is 1.75. The lowest BCUT2D eigenvalue weighted by Crippen LogP contribution is -2.06. The number of hydrogen-bond donors (Lipinski definition) is 3. The van der Waals surface area contributed by atoms with Crippen LogP contribution in [0.15, 0.2) is 23.3 Å². The summed E-state index contributed by atoms with van der Waals surface area (Å²) in [4.78, 5) is 10.8. The molecule has 0 radical (unpaired) electrons. The number of carbonyl (C=O) groups is 1. The Hall–Kier alpha value is -1.66. The monoisotopic (exact) mass is 286 g/mol. The van der Waals surface area contributed by atoms with Crippen molar-refractivity contribution in [2.45, 2.75) is 6.92 Å². The fourth-order valence-corrected chi connectivity index (χ4v) is 1.28. The first-order valence-electron chi connectivity index (χ1n) is 4.97. The Morgan fingerprint density at radius 1 is 1.56 bits per heavy atom. The average molecular weight is 287 g/mol. The van der Waals surface area contributed by atoms with Crippen LogP contribution in [0.3, 0.4) is 0 Å². The third-order valence-electron chi connectivity index (χ3n) is 1.65. The van der Waals surface area contributed by atoms with Gasteiger partial charge in [0, 0.05) is 14.0 Å². The van der Waals surface area contributed by atoms with Gasteiger partial charge in [0.15, 0.2) is 0 Å². The van der Waals surface area contributed by atoms with Gasteiger partial charge < -0.3 is 16.5 Å². The van der Waals surface area contributed by atoms with E-state index in [-0.39, 0.29) is 5.91 Å². The molecule has 0 aliphatic rings. The van der Waals surface area contributed by atoms with Crippen molar-refractivity contribution in [2.24, 2.45) is 10.8 Å². The number of anilines is 1. The molecule has 98 valence electrons. The second-order valence-electron chi connectivity index (χ2n) is 3.04. The summed E-state index contributed by atoms with van der Waals surface area (Å²) in [6.07, 6.45) is 1.64. The molecule has 0 fully saturated rings. The highest BCUT2D eigenvalue weighted by Crippen LogP contribution is 2.22. The number of amides is 1. The third-order valence-corrected chi connectivity index (χ3v) is 1.96. The van der Waals surface area contributed by atoms with E-state index in [2.05, 4.69) is 33.8 Å². The van der Waals surface area contributed by atoms with E-state index >= 15 is 0 Å². The Morgan fingerprint density at radius 3 is 2.61 bits per heavy atom. The molecule has 1 amide bonds. The summed E-state index contributed by atoms with van der Waals surface area (Å²) < 4.78 is 0. The topological polar surface area (TPSA) is 79.5 Å². The summed E-state index contributed by atoms with van der Waals surface area (Å²) in [5.41, 5.74) is 9.73. The zero-order valence-electron chi connectivity index (χ0n) is 10.1. The van der Waals surface area contributed by atoms with Crippen LogP contribution in [0.2, 0.25) is 5.02 Å². The molecule has 0 saturated carbocycles. The summed E-state index contributed by atoms with van der Waals surface area (Å²) in [7, 11) is 1.71. The van der Waals surface area contributed by atoms with Crippen molar-refractivity contribution >= 4 is 47.1 Å². The van der Waals surface area contributed by atoms with Crippen LogP contribution in [0.5, 0.6) is 0 Å². The Balaban J connectivity index is 0.000000873. The molecule has 4 N–H and O–H groups in total. The molecule has 1 rings (SSSR count). The van der Waals surface area contributed by atoms with Gasteiger partial charge in [-0.1, -0.05) is 29.9 Å². The van der Waals surface area contributed by atoms with Crippen molar-refractivity contribution in [1.82, 2.24) is 5.43 Å². The number of hydrogen-bond acceptors (Lipinski definition) is 4. The van der Waals surface area contributed by atoms with E-state index in [1.54, 1.807) is 25.4 Å². The number of nitrogens with one attached hydrogen (secondary N) is 2. The summed E-state index contributed by atoms with van der Waals surface area (Å²) in [5.74, 6) is -0.145. The number of benzene rings is 1. The van der Waals surface area contributed by atoms with Gasteiger partial charge in [-0.25, -0.2) is 0 Å². The first-order chi connectivity index (χ1) is 8.54. The minimum Gasteiger partial charge on any atom is -0.396 e. The molecule has 0 aromatic heterocycles. The van der Waals surface area contributed by atoms with E-state index in [4.69, 9.17) is 11.6 Å². The Labute approximate surface area is 116 Å². The molecule has 5 nitrogen and oxygen atoms in total. The average Bonchev–Trinajstić information content (AvgIpc) is 2.30. The van der Waals surface area contributed by atoms with E-state index in [0.29, 0.717) is 10.7 Å². The van der Waals surface area contributed by atoms with E-state index in [0.717, 1.165) is 11.1 Å². The number of nitrogens with zero attached hydrogens (tertiary/aromatic N) is 1. The van der Waals surface area contributed by atoms with Crippen molar-refractivity contribution in [3.05, 3.63) is 28.8 Å². The third kappa shape index (κ3) is 6.82. The summed E-state index contributed by atoms with van der Waals surface area (Å²) >= 11 is 10.0. The van der Waals surface area contributed by atoms with Crippen LogP contribution in [0.4, 0.5) is 5.69 Å². The van der Waals surface area contributed by atoms with Crippen LogP contribution in [-0.4, -0.2) is 24.7 Å².